The van der Waals surface area contributed by atoms with Gasteiger partial charge in [-0.2, -0.15) is 0 Å². The molecule has 3 aromatic carbocycles. The molecule has 2 atom stereocenters. The molecule has 3 N–H and O–H groups in total. The Hall–Kier alpha value is -4.39. The summed E-state index contributed by atoms with van der Waals surface area (Å²) < 4.78 is 0. The molecule has 0 bridgehead atoms. The number of aromatic amines is 1. The Kier molecular flexibility index (Phi) is 7.49. The third-order valence-electron chi connectivity index (χ3n) is 6.47. The number of likely N-dealkylation sites (N-methyl/N-ethyl adjacent to an activating group) is 1. The fourth-order valence-electron chi connectivity index (χ4n) is 4.30. The van der Waals surface area contributed by atoms with Crippen LogP contribution < -0.4 is 5.32 Å². The molecule has 7 nitrogen and oxygen atoms in total. The predicted molar refractivity (Wildman–Crippen MR) is 139 cm³/mol. The molecule has 184 valence electrons. The monoisotopic (exact) mass is 483 g/mol. The van der Waals surface area contributed by atoms with Crippen LogP contribution in [-0.4, -0.2) is 51.9 Å². The third kappa shape index (κ3) is 5.63. The summed E-state index contributed by atoms with van der Waals surface area (Å²) in [7, 11) is 1.56. The lowest BCUT2D eigenvalue weighted by atomic mass is 9.99. The number of hydrogen-bond donors (Lipinski definition) is 3. The van der Waals surface area contributed by atoms with Gasteiger partial charge in [0.15, 0.2) is 0 Å². The van der Waals surface area contributed by atoms with Crippen LogP contribution in [0.2, 0.25) is 0 Å². The van der Waals surface area contributed by atoms with Crippen LogP contribution in [0.15, 0.2) is 85.1 Å². The average molecular weight is 484 g/mol. The number of benzene rings is 3. The fourth-order valence-corrected chi connectivity index (χ4v) is 4.30. The zero-order valence-corrected chi connectivity index (χ0v) is 20.3. The fraction of sp³-hybridized carbons (Fsp3) is 0.207. The molecule has 0 fully saturated rings. The smallest absolute Gasteiger partial charge is 0.326 e. The highest BCUT2D eigenvalue weighted by Gasteiger charge is 2.30. The Labute approximate surface area is 209 Å². The van der Waals surface area contributed by atoms with Crippen LogP contribution >= 0.6 is 0 Å². The number of nitrogens with one attached hydrogen (secondary N) is 2. The molecule has 0 saturated carbocycles. The van der Waals surface area contributed by atoms with E-state index in [1.165, 1.54) is 11.8 Å². The maximum atomic E-state index is 13.3. The van der Waals surface area contributed by atoms with Crippen LogP contribution in [0.5, 0.6) is 0 Å². The molecule has 0 unspecified atom stereocenters. The van der Waals surface area contributed by atoms with Gasteiger partial charge in [0.25, 0.3) is 0 Å². The summed E-state index contributed by atoms with van der Waals surface area (Å²) in [5.41, 5.74) is 4.69. The molecule has 0 aliphatic heterocycles. The molecule has 0 aliphatic carbocycles. The van der Waals surface area contributed by atoms with Gasteiger partial charge in [0.05, 0.1) is 0 Å². The molecule has 0 saturated heterocycles. The number of H-pyrrole nitrogens is 1. The normalized spacial score (nSPS) is 12.6. The van der Waals surface area contributed by atoms with Gasteiger partial charge in [-0.25, -0.2) is 4.79 Å². The standard InChI is InChI=1S/C29H29N3O4/c1-19(33)32(2)27(16-20-12-14-22(15-13-20)21-8-4-3-5-9-21)28(34)31-26(29(35)36)17-23-18-30-25-11-7-6-10-24(23)25/h3-15,18,26-27,30H,16-17H2,1-2H3,(H,31,34)(H,35,36)/t26-,27+/m0/s1. The first-order valence-corrected chi connectivity index (χ1v) is 11.8. The van der Waals surface area contributed by atoms with Crippen molar-refractivity contribution in [2.45, 2.75) is 31.8 Å². The molecule has 1 aromatic heterocycles. The second-order valence-electron chi connectivity index (χ2n) is 8.88. The van der Waals surface area contributed by atoms with Gasteiger partial charge < -0.3 is 20.3 Å². The van der Waals surface area contributed by atoms with E-state index in [0.29, 0.717) is 0 Å². The lowest BCUT2D eigenvalue weighted by Crippen LogP contribution is -2.53. The molecule has 2 amide bonds. The van der Waals surface area contributed by atoms with Gasteiger partial charge in [0.2, 0.25) is 11.8 Å². The number of aliphatic carboxylic acids is 1. The number of carbonyl (C=O) groups is 3. The number of rotatable bonds is 9. The molecule has 1 heterocycles. The molecule has 4 aromatic rings. The van der Waals surface area contributed by atoms with Gasteiger partial charge in [-0.05, 0) is 28.3 Å². The number of carboxylic acid groups (broad SMARTS) is 1. The molecule has 0 spiro atoms. The number of aromatic nitrogens is 1. The Bertz CT molecular complexity index is 1360. The van der Waals surface area contributed by atoms with Crippen molar-refractivity contribution in [3.05, 3.63) is 96.2 Å². The highest BCUT2D eigenvalue weighted by atomic mass is 16.4. The van der Waals surface area contributed by atoms with Crippen molar-refractivity contribution in [3.63, 3.8) is 0 Å². The zero-order chi connectivity index (χ0) is 25.7. The number of carbonyl (C=O) groups excluding carboxylic acids is 2. The molecule has 36 heavy (non-hydrogen) atoms. The highest BCUT2D eigenvalue weighted by Crippen LogP contribution is 2.21. The van der Waals surface area contributed by atoms with Gasteiger partial charge in [-0.1, -0.05) is 72.8 Å². The Morgan fingerprint density at radius 3 is 2.19 bits per heavy atom. The van der Waals surface area contributed by atoms with E-state index in [1.54, 1.807) is 13.2 Å². The van der Waals surface area contributed by atoms with E-state index in [0.717, 1.165) is 33.2 Å². The number of amides is 2. The van der Waals surface area contributed by atoms with Crippen LogP contribution in [0.1, 0.15) is 18.1 Å². The van der Waals surface area contributed by atoms with E-state index in [4.69, 9.17) is 0 Å². The van der Waals surface area contributed by atoms with E-state index in [9.17, 15) is 19.5 Å². The van der Waals surface area contributed by atoms with Crippen molar-refractivity contribution < 1.29 is 19.5 Å². The molecular formula is C29H29N3O4. The summed E-state index contributed by atoms with van der Waals surface area (Å²) in [6.45, 7) is 1.39. The number of nitrogens with zero attached hydrogens (tertiary/aromatic N) is 1. The van der Waals surface area contributed by atoms with Crippen LogP contribution in [0.3, 0.4) is 0 Å². The second-order valence-corrected chi connectivity index (χ2v) is 8.88. The second kappa shape index (κ2) is 10.9. The number of fused-ring (bicyclic) bond motifs is 1. The summed E-state index contributed by atoms with van der Waals surface area (Å²) in [5.74, 6) is -1.92. The molecular weight excluding hydrogens is 454 g/mol. The molecule has 0 radical (unpaired) electrons. The Morgan fingerprint density at radius 1 is 0.889 bits per heavy atom. The van der Waals surface area contributed by atoms with Crippen molar-refractivity contribution in [2.24, 2.45) is 0 Å². The van der Waals surface area contributed by atoms with Crippen molar-refractivity contribution in [3.8, 4) is 11.1 Å². The largest absolute Gasteiger partial charge is 0.480 e. The van der Waals surface area contributed by atoms with E-state index < -0.39 is 24.0 Å². The maximum absolute atomic E-state index is 13.3. The quantitative estimate of drug-likeness (QED) is 0.334. The van der Waals surface area contributed by atoms with Crippen molar-refractivity contribution >= 4 is 28.7 Å². The number of carboxylic acids is 1. The average Bonchev–Trinajstić information content (AvgIpc) is 3.30. The van der Waals surface area contributed by atoms with Gasteiger partial charge in [-0.3, -0.25) is 9.59 Å². The van der Waals surface area contributed by atoms with E-state index in [-0.39, 0.29) is 18.7 Å². The molecule has 0 aliphatic rings. The van der Waals surface area contributed by atoms with E-state index in [1.807, 2.05) is 78.9 Å². The minimum absolute atomic E-state index is 0.118. The minimum atomic E-state index is -1.14. The topological polar surface area (TPSA) is 103 Å². The van der Waals surface area contributed by atoms with Crippen LogP contribution in [0.4, 0.5) is 0 Å². The Balaban J connectivity index is 1.52. The minimum Gasteiger partial charge on any atom is -0.480 e. The summed E-state index contributed by atoms with van der Waals surface area (Å²) >= 11 is 0. The van der Waals surface area contributed by atoms with Crippen molar-refractivity contribution in [1.82, 2.24) is 15.2 Å². The first-order valence-electron chi connectivity index (χ1n) is 11.8. The van der Waals surface area contributed by atoms with Gasteiger partial charge >= 0.3 is 5.97 Å². The number of hydrogen-bond acceptors (Lipinski definition) is 3. The summed E-state index contributed by atoms with van der Waals surface area (Å²) in [5, 5.41) is 13.4. The zero-order valence-electron chi connectivity index (χ0n) is 20.3. The summed E-state index contributed by atoms with van der Waals surface area (Å²) in [4.78, 5) is 42.0. The first kappa shape index (κ1) is 24.7. The SMILES string of the molecule is CC(=O)N(C)[C@H](Cc1ccc(-c2ccccc2)cc1)C(=O)N[C@@H](Cc1c[nH]c2ccccc12)C(=O)O. The number of para-hydroxylation sites is 1. The molecule has 4 rings (SSSR count). The summed E-state index contributed by atoms with van der Waals surface area (Å²) in [6.07, 6.45) is 2.14. The summed E-state index contributed by atoms with van der Waals surface area (Å²) in [6, 6.07) is 23.4. The lowest BCUT2D eigenvalue weighted by Gasteiger charge is -2.28. The van der Waals surface area contributed by atoms with Crippen LogP contribution in [-0.2, 0) is 27.2 Å². The lowest BCUT2D eigenvalue weighted by molar-refractivity contribution is -0.143. The van der Waals surface area contributed by atoms with E-state index >= 15 is 0 Å². The predicted octanol–water partition coefficient (Wildman–Crippen LogP) is 4.04. The van der Waals surface area contributed by atoms with Gasteiger partial charge in [-0.15, -0.1) is 0 Å². The maximum Gasteiger partial charge on any atom is 0.326 e. The molecule has 7 heteroatoms. The van der Waals surface area contributed by atoms with Crippen molar-refractivity contribution in [2.75, 3.05) is 7.05 Å². The third-order valence-corrected chi connectivity index (χ3v) is 6.47. The van der Waals surface area contributed by atoms with Gasteiger partial charge in [0.1, 0.15) is 12.1 Å². The van der Waals surface area contributed by atoms with Gasteiger partial charge in [0, 0.05) is 43.9 Å². The highest BCUT2D eigenvalue weighted by molar-refractivity contribution is 5.91. The first-order chi connectivity index (χ1) is 17.3. The van der Waals surface area contributed by atoms with Crippen LogP contribution in [0.25, 0.3) is 22.0 Å². The van der Waals surface area contributed by atoms with Crippen molar-refractivity contribution in [1.29, 1.82) is 0 Å². The van der Waals surface area contributed by atoms with E-state index in [2.05, 4.69) is 10.3 Å². The Morgan fingerprint density at radius 2 is 1.53 bits per heavy atom. The van der Waals surface area contributed by atoms with Crippen LogP contribution in [0, 0.1) is 0 Å².